The Morgan fingerprint density at radius 3 is 3.00 bits per heavy atom. The molecule has 1 heterocycles. The summed E-state index contributed by atoms with van der Waals surface area (Å²) in [4.78, 5) is 11.3. The Bertz CT molecular complexity index is 430. The Balaban J connectivity index is 1.89. The third-order valence-electron chi connectivity index (χ3n) is 3.06. The number of carboxylic acids is 1. The molecule has 2 rings (SSSR count). The Morgan fingerprint density at radius 2 is 2.39 bits per heavy atom. The quantitative estimate of drug-likeness (QED) is 0.896. The molecule has 3 nitrogen and oxygen atoms in total. The van der Waals surface area contributed by atoms with Crippen molar-refractivity contribution in [1.29, 1.82) is 0 Å². The predicted molar refractivity (Wildman–Crippen MR) is 76.3 cm³/mol. The lowest BCUT2D eigenvalue weighted by atomic mass is 10.00. The fourth-order valence-corrected chi connectivity index (χ4v) is 3.76. The zero-order chi connectivity index (χ0) is 13.0. The first-order valence-corrected chi connectivity index (χ1v) is 7.66. The Labute approximate surface area is 119 Å². The molecular formula is C13H15BrO3S. The third-order valence-corrected chi connectivity index (χ3v) is 5.19. The fourth-order valence-electron chi connectivity index (χ4n) is 2.06. The van der Waals surface area contributed by atoms with Gasteiger partial charge < -0.3 is 9.84 Å². The number of hydrogen-bond donors (Lipinski definition) is 1. The second-order valence-electron chi connectivity index (χ2n) is 4.31. The monoisotopic (exact) mass is 330 g/mol. The molecule has 98 valence electrons. The second-order valence-corrected chi connectivity index (χ2v) is 6.70. The summed E-state index contributed by atoms with van der Waals surface area (Å²) in [7, 11) is 0. The lowest BCUT2D eigenvalue weighted by Gasteiger charge is -2.22. The molecule has 0 saturated carbocycles. The van der Waals surface area contributed by atoms with E-state index in [4.69, 9.17) is 4.74 Å². The minimum Gasteiger partial charge on any atom is -0.493 e. The zero-order valence-electron chi connectivity index (χ0n) is 9.89. The van der Waals surface area contributed by atoms with Crippen LogP contribution in [0, 0.1) is 0 Å². The molecule has 0 aromatic heterocycles. The van der Waals surface area contributed by atoms with Crippen molar-refractivity contribution in [2.45, 2.75) is 24.0 Å². The van der Waals surface area contributed by atoms with E-state index in [-0.39, 0.29) is 0 Å². The van der Waals surface area contributed by atoms with Crippen molar-refractivity contribution in [3.8, 4) is 5.75 Å². The van der Waals surface area contributed by atoms with Crippen LogP contribution in [0.5, 0.6) is 5.75 Å². The normalized spacial score (nSPS) is 22.9. The molecule has 5 heteroatoms. The number of halogens is 1. The molecule has 1 unspecified atom stereocenters. The predicted octanol–water partition coefficient (Wildman–Crippen LogP) is 3.57. The number of thioether (sulfide) groups is 1. The van der Waals surface area contributed by atoms with Crippen LogP contribution < -0.4 is 4.74 Å². The Morgan fingerprint density at radius 1 is 1.56 bits per heavy atom. The molecule has 18 heavy (non-hydrogen) atoms. The van der Waals surface area contributed by atoms with E-state index in [1.165, 1.54) is 0 Å². The van der Waals surface area contributed by atoms with Gasteiger partial charge in [0.1, 0.15) is 10.5 Å². The number of aliphatic carboxylic acids is 1. The number of carbonyl (C=O) groups is 1. The van der Waals surface area contributed by atoms with Crippen LogP contribution in [-0.4, -0.2) is 28.2 Å². The summed E-state index contributed by atoms with van der Waals surface area (Å²) in [5.74, 6) is 0.999. The van der Waals surface area contributed by atoms with E-state index in [0.717, 1.165) is 28.8 Å². The van der Waals surface area contributed by atoms with E-state index >= 15 is 0 Å². The second kappa shape index (κ2) is 5.97. The highest BCUT2D eigenvalue weighted by molar-refractivity contribution is 9.10. The van der Waals surface area contributed by atoms with Gasteiger partial charge in [-0.15, -0.1) is 11.8 Å². The van der Waals surface area contributed by atoms with E-state index < -0.39 is 10.7 Å². The van der Waals surface area contributed by atoms with Crippen LogP contribution >= 0.6 is 27.7 Å². The molecule has 1 aliphatic rings. The summed E-state index contributed by atoms with van der Waals surface area (Å²) >= 11 is 4.92. The third kappa shape index (κ3) is 3.20. The standard InChI is InChI=1S/C13H15BrO3S/c14-10-3-1-4-11(9-10)17-7-6-13(12(15)16)5-2-8-18-13/h1,3-4,9H,2,5-8H2,(H,15,16). The van der Waals surface area contributed by atoms with Gasteiger partial charge in [-0.3, -0.25) is 4.79 Å². The van der Waals surface area contributed by atoms with E-state index in [1.807, 2.05) is 24.3 Å². The van der Waals surface area contributed by atoms with Crippen molar-refractivity contribution in [1.82, 2.24) is 0 Å². The minimum atomic E-state index is -0.706. The lowest BCUT2D eigenvalue weighted by molar-refractivity contribution is -0.140. The van der Waals surface area contributed by atoms with Crippen LogP contribution in [0.15, 0.2) is 28.7 Å². The molecule has 1 aromatic carbocycles. The molecule has 0 amide bonds. The van der Waals surface area contributed by atoms with Gasteiger partial charge in [0.05, 0.1) is 6.61 Å². The molecular weight excluding hydrogens is 316 g/mol. The maximum atomic E-state index is 11.3. The number of ether oxygens (including phenoxy) is 1. The molecule has 0 radical (unpaired) electrons. The number of carboxylic acid groups (broad SMARTS) is 1. The SMILES string of the molecule is O=C(O)C1(CCOc2cccc(Br)c2)CCCS1. The van der Waals surface area contributed by atoms with E-state index in [0.29, 0.717) is 13.0 Å². The van der Waals surface area contributed by atoms with Gasteiger partial charge in [-0.1, -0.05) is 22.0 Å². The minimum absolute atomic E-state index is 0.440. The van der Waals surface area contributed by atoms with Crippen LogP contribution in [0.25, 0.3) is 0 Å². The number of rotatable bonds is 5. The fraction of sp³-hybridized carbons (Fsp3) is 0.462. The highest BCUT2D eigenvalue weighted by Crippen LogP contribution is 2.41. The van der Waals surface area contributed by atoms with Gasteiger partial charge in [0.25, 0.3) is 0 Å². The molecule has 1 saturated heterocycles. The Kier molecular flexibility index (Phi) is 4.56. The number of benzene rings is 1. The van der Waals surface area contributed by atoms with Gasteiger partial charge in [0.2, 0.25) is 0 Å². The maximum Gasteiger partial charge on any atom is 0.319 e. The van der Waals surface area contributed by atoms with Gasteiger partial charge in [0, 0.05) is 10.9 Å². The molecule has 1 aliphatic heterocycles. The zero-order valence-corrected chi connectivity index (χ0v) is 12.3. The molecule has 1 atom stereocenters. The molecule has 0 aliphatic carbocycles. The van der Waals surface area contributed by atoms with E-state index in [2.05, 4.69) is 15.9 Å². The van der Waals surface area contributed by atoms with Crippen molar-refractivity contribution in [2.75, 3.05) is 12.4 Å². The first kappa shape index (κ1) is 13.7. The van der Waals surface area contributed by atoms with Gasteiger partial charge >= 0.3 is 5.97 Å². The van der Waals surface area contributed by atoms with Crippen LogP contribution in [0.3, 0.4) is 0 Å². The summed E-state index contributed by atoms with van der Waals surface area (Å²) in [6, 6.07) is 7.59. The Hall–Kier alpha value is -0.680. The van der Waals surface area contributed by atoms with Crippen molar-refractivity contribution in [3.05, 3.63) is 28.7 Å². The molecule has 1 fully saturated rings. The van der Waals surface area contributed by atoms with Crippen LogP contribution in [0.4, 0.5) is 0 Å². The first-order valence-electron chi connectivity index (χ1n) is 5.88. The van der Waals surface area contributed by atoms with Crippen molar-refractivity contribution < 1.29 is 14.6 Å². The van der Waals surface area contributed by atoms with Crippen molar-refractivity contribution in [3.63, 3.8) is 0 Å². The van der Waals surface area contributed by atoms with Crippen LogP contribution in [-0.2, 0) is 4.79 Å². The number of hydrogen-bond acceptors (Lipinski definition) is 3. The summed E-state index contributed by atoms with van der Waals surface area (Å²) < 4.78 is 5.95. The first-order chi connectivity index (χ1) is 8.62. The van der Waals surface area contributed by atoms with Gasteiger partial charge in [0.15, 0.2) is 0 Å². The van der Waals surface area contributed by atoms with Gasteiger partial charge in [-0.2, -0.15) is 0 Å². The van der Waals surface area contributed by atoms with E-state index in [9.17, 15) is 9.90 Å². The highest BCUT2D eigenvalue weighted by Gasteiger charge is 2.41. The smallest absolute Gasteiger partial charge is 0.319 e. The molecule has 1 N–H and O–H groups in total. The van der Waals surface area contributed by atoms with Gasteiger partial charge in [-0.25, -0.2) is 0 Å². The van der Waals surface area contributed by atoms with Crippen LogP contribution in [0.2, 0.25) is 0 Å². The molecule has 0 spiro atoms. The summed E-state index contributed by atoms with van der Waals surface area (Å²) in [6.45, 7) is 0.440. The van der Waals surface area contributed by atoms with E-state index in [1.54, 1.807) is 11.8 Å². The molecule has 0 bridgehead atoms. The molecule has 1 aromatic rings. The summed E-state index contributed by atoms with van der Waals surface area (Å²) in [5, 5.41) is 9.32. The highest BCUT2D eigenvalue weighted by atomic mass is 79.9. The van der Waals surface area contributed by atoms with Gasteiger partial charge in [-0.05, 0) is 36.8 Å². The average Bonchev–Trinajstić information content (AvgIpc) is 2.79. The van der Waals surface area contributed by atoms with Crippen LogP contribution in [0.1, 0.15) is 19.3 Å². The average molecular weight is 331 g/mol. The lowest BCUT2D eigenvalue weighted by Crippen LogP contribution is -2.34. The van der Waals surface area contributed by atoms with Crippen molar-refractivity contribution >= 4 is 33.7 Å². The summed E-state index contributed by atoms with van der Waals surface area (Å²) in [6.07, 6.45) is 2.28. The van der Waals surface area contributed by atoms with Crippen molar-refractivity contribution in [2.24, 2.45) is 0 Å². The largest absolute Gasteiger partial charge is 0.493 e. The summed E-state index contributed by atoms with van der Waals surface area (Å²) in [5.41, 5.74) is 0. The maximum absolute atomic E-state index is 11.3. The topological polar surface area (TPSA) is 46.5 Å².